The van der Waals surface area contributed by atoms with Crippen LogP contribution in [0.5, 0.6) is 0 Å². The summed E-state index contributed by atoms with van der Waals surface area (Å²) in [5.41, 5.74) is 1.02. The van der Waals surface area contributed by atoms with Crippen LogP contribution in [0, 0.1) is 10.1 Å². The fraction of sp³-hybridized carbons (Fsp3) is 0.316. The van der Waals surface area contributed by atoms with Crippen molar-refractivity contribution < 1.29 is 19.6 Å². The molecule has 7 nitrogen and oxygen atoms in total. The highest BCUT2D eigenvalue weighted by atomic mass is 16.6. The number of rotatable bonds is 4. The first-order valence-corrected chi connectivity index (χ1v) is 8.29. The molecule has 0 saturated carbocycles. The van der Waals surface area contributed by atoms with E-state index in [1.807, 2.05) is 37.3 Å². The molecule has 0 aromatic heterocycles. The Morgan fingerprint density at radius 1 is 1.19 bits per heavy atom. The lowest BCUT2D eigenvalue weighted by Gasteiger charge is -2.42. The summed E-state index contributed by atoms with van der Waals surface area (Å²) >= 11 is 0. The fourth-order valence-corrected chi connectivity index (χ4v) is 3.14. The summed E-state index contributed by atoms with van der Waals surface area (Å²) in [6, 6.07) is 14.9. The molecule has 2 aromatic rings. The molecule has 1 amide bonds. The summed E-state index contributed by atoms with van der Waals surface area (Å²) in [5, 5.41) is 21.7. The number of aliphatic hydroxyl groups is 1. The monoisotopic (exact) mass is 356 g/mol. The number of hydrogen-bond donors (Lipinski definition) is 1. The Kier molecular flexibility index (Phi) is 5.01. The number of morpholine rings is 1. The Balaban J connectivity index is 1.91. The molecule has 1 fully saturated rings. The lowest BCUT2D eigenvalue weighted by molar-refractivity contribution is -0.385. The van der Waals surface area contributed by atoms with E-state index in [0.29, 0.717) is 0 Å². The number of benzene rings is 2. The molecule has 4 atom stereocenters. The first-order chi connectivity index (χ1) is 12.4. The molecule has 1 aliphatic heterocycles. The van der Waals surface area contributed by atoms with Crippen LogP contribution >= 0.6 is 0 Å². The van der Waals surface area contributed by atoms with Gasteiger partial charge in [0.1, 0.15) is 12.2 Å². The lowest BCUT2D eigenvalue weighted by atomic mass is 9.95. The van der Waals surface area contributed by atoms with Gasteiger partial charge in [0.05, 0.1) is 11.0 Å². The van der Waals surface area contributed by atoms with E-state index in [2.05, 4.69) is 0 Å². The number of nitrogens with zero attached hydrogens (tertiary/aromatic N) is 2. The van der Waals surface area contributed by atoms with Gasteiger partial charge in [0.15, 0.2) is 6.10 Å². The van der Waals surface area contributed by atoms with Gasteiger partial charge in [0.25, 0.3) is 11.6 Å². The number of carbonyl (C=O) groups excluding carboxylic acids is 1. The van der Waals surface area contributed by atoms with Crippen LogP contribution in [0.15, 0.2) is 54.6 Å². The molecule has 136 valence electrons. The topological polar surface area (TPSA) is 92.9 Å². The SMILES string of the molecule is C[C@H]1[C@H](c2ccccc2)O[C@H]([C@@H](O)c2cccc([N+](=O)[O-])c2)C(=O)N1C. The van der Waals surface area contributed by atoms with Gasteiger partial charge >= 0.3 is 0 Å². The second-order valence-corrected chi connectivity index (χ2v) is 6.37. The second kappa shape index (κ2) is 7.23. The average Bonchev–Trinajstić information content (AvgIpc) is 2.66. The van der Waals surface area contributed by atoms with Gasteiger partial charge in [0, 0.05) is 19.2 Å². The smallest absolute Gasteiger partial charge is 0.269 e. The molecule has 1 saturated heterocycles. The minimum absolute atomic E-state index is 0.147. The van der Waals surface area contributed by atoms with Gasteiger partial charge in [0.2, 0.25) is 0 Å². The largest absolute Gasteiger partial charge is 0.385 e. The number of hydrogen-bond acceptors (Lipinski definition) is 5. The van der Waals surface area contributed by atoms with E-state index in [1.54, 1.807) is 18.0 Å². The molecule has 0 radical (unpaired) electrons. The third-order valence-corrected chi connectivity index (χ3v) is 4.77. The summed E-state index contributed by atoms with van der Waals surface area (Å²) in [5.74, 6) is -0.358. The van der Waals surface area contributed by atoms with Crippen LogP contribution in [0.3, 0.4) is 0 Å². The molecule has 1 N–H and O–H groups in total. The molecule has 7 heteroatoms. The Hall–Kier alpha value is -2.77. The normalized spacial score (nSPS) is 24.3. The summed E-state index contributed by atoms with van der Waals surface area (Å²) in [7, 11) is 1.67. The third-order valence-electron chi connectivity index (χ3n) is 4.77. The first-order valence-electron chi connectivity index (χ1n) is 8.29. The number of carbonyl (C=O) groups is 1. The average molecular weight is 356 g/mol. The predicted octanol–water partition coefficient (Wildman–Crippen LogP) is 2.62. The maximum atomic E-state index is 12.7. The van der Waals surface area contributed by atoms with E-state index in [1.165, 1.54) is 18.2 Å². The van der Waals surface area contributed by atoms with Gasteiger partial charge in [-0.25, -0.2) is 0 Å². The molecule has 0 unspecified atom stereocenters. The van der Waals surface area contributed by atoms with Gasteiger partial charge < -0.3 is 14.7 Å². The number of amides is 1. The van der Waals surface area contributed by atoms with Crippen LogP contribution in [0.1, 0.15) is 30.3 Å². The molecular formula is C19H20N2O5. The molecule has 3 rings (SSSR count). The van der Waals surface area contributed by atoms with Crippen molar-refractivity contribution in [2.45, 2.75) is 31.3 Å². The summed E-state index contributed by atoms with van der Waals surface area (Å²) in [4.78, 5) is 24.6. The predicted molar refractivity (Wildman–Crippen MR) is 94.3 cm³/mol. The molecule has 0 spiro atoms. The number of ether oxygens (including phenoxy) is 1. The van der Waals surface area contributed by atoms with Gasteiger partial charge in [-0.3, -0.25) is 14.9 Å². The fourth-order valence-electron chi connectivity index (χ4n) is 3.14. The van der Waals surface area contributed by atoms with Gasteiger partial charge in [-0.1, -0.05) is 42.5 Å². The molecule has 0 bridgehead atoms. The molecule has 2 aromatic carbocycles. The van der Waals surface area contributed by atoms with Crippen molar-refractivity contribution in [3.8, 4) is 0 Å². The lowest BCUT2D eigenvalue weighted by Crippen LogP contribution is -2.53. The minimum Gasteiger partial charge on any atom is -0.385 e. The highest BCUT2D eigenvalue weighted by Gasteiger charge is 2.43. The van der Waals surface area contributed by atoms with Crippen molar-refractivity contribution in [3.63, 3.8) is 0 Å². The Bertz CT molecular complexity index is 811. The zero-order valence-electron chi connectivity index (χ0n) is 14.5. The van der Waals surface area contributed by atoms with Crippen LogP contribution in [-0.2, 0) is 9.53 Å². The Morgan fingerprint density at radius 3 is 2.54 bits per heavy atom. The standard InChI is InChI=1S/C19H20N2O5/c1-12-17(13-7-4-3-5-8-13)26-18(19(23)20(12)2)16(22)14-9-6-10-15(11-14)21(24)25/h3-12,16-18,22H,1-2H3/t12-,16-,17+,18+/m0/s1. The van der Waals surface area contributed by atoms with Crippen LogP contribution < -0.4 is 0 Å². The van der Waals surface area contributed by atoms with Crippen LogP contribution in [0.2, 0.25) is 0 Å². The van der Waals surface area contributed by atoms with Crippen molar-refractivity contribution in [1.29, 1.82) is 0 Å². The van der Waals surface area contributed by atoms with E-state index >= 15 is 0 Å². The molecule has 1 aliphatic rings. The van der Waals surface area contributed by atoms with E-state index in [4.69, 9.17) is 4.74 Å². The summed E-state index contributed by atoms with van der Waals surface area (Å²) in [6.45, 7) is 1.88. The number of non-ortho nitro benzene ring substituents is 1. The third kappa shape index (κ3) is 3.31. The zero-order chi connectivity index (χ0) is 18.8. The van der Waals surface area contributed by atoms with Crippen LogP contribution in [-0.4, -0.2) is 40.0 Å². The zero-order valence-corrected chi connectivity index (χ0v) is 14.5. The van der Waals surface area contributed by atoms with Crippen molar-refractivity contribution in [1.82, 2.24) is 4.90 Å². The molecule has 0 aliphatic carbocycles. The highest BCUT2D eigenvalue weighted by Crippen LogP contribution is 2.35. The highest BCUT2D eigenvalue weighted by molar-refractivity contribution is 5.82. The quantitative estimate of drug-likeness (QED) is 0.671. The maximum absolute atomic E-state index is 12.7. The van der Waals surface area contributed by atoms with E-state index in [-0.39, 0.29) is 23.2 Å². The molecular weight excluding hydrogens is 336 g/mol. The maximum Gasteiger partial charge on any atom is 0.269 e. The first kappa shape index (κ1) is 18.0. The van der Waals surface area contributed by atoms with Crippen LogP contribution in [0.4, 0.5) is 5.69 Å². The second-order valence-electron chi connectivity index (χ2n) is 6.37. The Labute approximate surface area is 151 Å². The van der Waals surface area contributed by atoms with E-state index < -0.39 is 23.2 Å². The van der Waals surface area contributed by atoms with Gasteiger partial charge in [-0.15, -0.1) is 0 Å². The van der Waals surface area contributed by atoms with Gasteiger partial charge in [-0.2, -0.15) is 0 Å². The Morgan fingerprint density at radius 2 is 1.88 bits per heavy atom. The van der Waals surface area contributed by atoms with Gasteiger partial charge in [-0.05, 0) is 18.1 Å². The molecule has 26 heavy (non-hydrogen) atoms. The van der Waals surface area contributed by atoms with Crippen molar-refractivity contribution in [2.24, 2.45) is 0 Å². The minimum atomic E-state index is -1.30. The van der Waals surface area contributed by atoms with E-state index in [9.17, 15) is 20.0 Å². The summed E-state index contributed by atoms with van der Waals surface area (Å²) in [6.07, 6.45) is -2.84. The van der Waals surface area contributed by atoms with E-state index in [0.717, 1.165) is 5.56 Å². The molecule has 1 heterocycles. The van der Waals surface area contributed by atoms with Crippen molar-refractivity contribution in [2.75, 3.05) is 7.05 Å². The number of nitro groups is 1. The number of nitro benzene ring substituents is 1. The number of aliphatic hydroxyl groups excluding tert-OH is 1. The summed E-state index contributed by atoms with van der Waals surface area (Å²) < 4.78 is 5.97. The van der Waals surface area contributed by atoms with Crippen molar-refractivity contribution >= 4 is 11.6 Å². The number of likely N-dealkylation sites (N-methyl/N-ethyl adjacent to an activating group) is 1. The van der Waals surface area contributed by atoms with Crippen molar-refractivity contribution in [3.05, 3.63) is 75.8 Å². The van der Waals surface area contributed by atoms with Crippen LogP contribution in [0.25, 0.3) is 0 Å².